The number of nitrogens with zero attached hydrogens (tertiary/aromatic N) is 1. The van der Waals surface area contributed by atoms with E-state index in [0.717, 1.165) is 16.9 Å². The molecule has 0 saturated carbocycles. The SMILES string of the molecule is Cc1cc(C(N)Cc2ccc([N+](=O)[O-])cc2)co1. The van der Waals surface area contributed by atoms with E-state index in [1.54, 1.807) is 18.4 Å². The predicted molar refractivity (Wildman–Crippen MR) is 67.2 cm³/mol. The van der Waals surface area contributed by atoms with Crippen LogP contribution in [-0.2, 0) is 6.42 Å². The van der Waals surface area contributed by atoms with E-state index in [0.29, 0.717) is 6.42 Å². The van der Waals surface area contributed by atoms with E-state index in [4.69, 9.17) is 10.2 Å². The van der Waals surface area contributed by atoms with E-state index >= 15 is 0 Å². The maximum atomic E-state index is 10.5. The molecule has 1 aromatic carbocycles. The number of aryl methyl sites for hydroxylation is 1. The summed E-state index contributed by atoms with van der Waals surface area (Å²) in [5.41, 5.74) is 8.03. The minimum atomic E-state index is -0.414. The first kappa shape index (κ1) is 12.3. The molecule has 0 aliphatic heterocycles. The molecule has 0 bridgehead atoms. The highest BCUT2D eigenvalue weighted by Gasteiger charge is 2.11. The highest BCUT2D eigenvalue weighted by molar-refractivity contribution is 5.33. The van der Waals surface area contributed by atoms with E-state index < -0.39 is 4.92 Å². The highest BCUT2D eigenvalue weighted by atomic mass is 16.6. The third-order valence-corrected chi connectivity index (χ3v) is 2.78. The summed E-state index contributed by atoms with van der Waals surface area (Å²) in [7, 11) is 0. The van der Waals surface area contributed by atoms with Gasteiger partial charge in [-0.05, 0) is 25.0 Å². The third kappa shape index (κ3) is 2.75. The van der Waals surface area contributed by atoms with Crippen molar-refractivity contribution < 1.29 is 9.34 Å². The molecule has 0 amide bonds. The molecule has 18 heavy (non-hydrogen) atoms. The van der Waals surface area contributed by atoms with Crippen molar-refractivity contribution in [3.05, 3.63) is 63.6 Å². The van der Waals surface area contributed by atoms with Crippen LogP contribution in [0, 0.1) is 17.0 Å². The van der Waals surface area contributed by atoms with Crippen LogP contribution >= 0.6 is 0 Å². The van der Waals surface area contributed by atoms with Gasteiger partial charge in [-0.1, -0.05) is 12.1 Å². The van der Waals surface area contributed by atoms with Gasteiger partial charge in [0, 0.05) is 23.7 Å². The van der Waals surface area contributed by atoms with Crippen LogP contribution in [-0.4, -0.2) is 4.92 Å². The summed E-state index contributed by atoms with van der Waals surface area (Å²) >= 11 is 0. The lowest BCUT2D eigenvalue weighted by molar-refractivity contribution is -0.384. The van der Waals surface area contributed by atoms with Gasteiger partial charge in [-0.25, -0.2) is 0 Å². The monoisotopic (exact) mass is 246 g/mol. The minimum absolute atomic E-state index is 0.0893. The fourth-order valence-corrected chi connectivity index (χ4v) is 1.78. The normalized spacial score (nSPS) is 12.3. The Bertz CT molecular complexity index is 546. The van der Waals surface area contributed by atoms with Crippen LogP contribution in [0.5, 0.6) is 0 Å². The van der Waals surface area contributed by atoms with Crippen LogP contribution in [0.25, 0.3) is 0 Å². The molecule has 5 nitrogen and oxygen atoms in total. The Morgan fingerprint density at radius 3 is 2.56 bits per heavy atom. The van der Waals surface area contributed by atoms with Gasteiger partial charge in [0.15, 0.2) is 0 Å². The van der Waals surface area contributed by atoms with Gasteiger partial charge in [-0.2, -0.15) is 0 Å². The van der Waals surface area contributed by atoms with Crippen LogP contribution in [0.4, 0.5) is 5.69 Å². The van der Waals surface area contributed by atoms with E-state index in [1.807, 2.05) is 13.0 Å². The van der Waals surface area contributed by atoms with E-state index in [-0.39, 0.29) is 11.7 Å². The number of nitro benzene ring substituents is 1. The van der Waals surface area contributed by atoms with Crippen molar-refractivity contribution in [1.29, 1.82) is 0 Å². The van der Waals surface area contributed by atoms with Gasteiger partial charge in [0.1, 0.15) is 5.76 Å². The Hall–Kier alpha value is -2.14. The Kier molecular flexibility index (Phi) is 3.43. The minimum Gasteiger partial charge on any atom is -0.469 e. The number of nitrogens with two attached hydrogens (primary N) is 1. The second-order valence-corrected chi connectivity index (χ2v) is 4.22. The molecular weight excluding hydrogens is 232 g/mol. The molecule has 0 saturated heterocycles. The first-order valence-electron chi connectivity index (χ1n) is 5.60. The number of hydrogen-bond acceptors (Lipinski definition) is 4. The molecule has 0 aliphatic rings. The van der Waals surface area contributed by atoms with Crippen LogP contribution < -0.4 is 5.73 Å². The molecule has 2 aromatic rings. The Labute approximate surface area is 104 Å². The van der Waals surface area contributed by atoms with Crippen LogP contribution in [0.15, 0.2) is 41.0 Å². The lowest BCUT2D eigenvalue weighted by Gasteiger charge is -2.08. The van der Waals surface area contributed by atoms with Crippen molar-refractivity contribution in [3.8, 4) is 0 Å². The summed E-state index contributed by atoms with van der Waals surface area (Å²) in [5.74, 6) is 0.823. The van der Waals surface area contributed by atoms with Crippen molar-refractivity contribution in [2.24, 2.45) is 5.73 Å². The van der Waals surface area contributed by atoms with Crippen LogP contribution in [0.1, 0.15) is 22.9 Å². The molecule has 94 valence electrons. The Morgan fingerprint density at radius 2 is 2.06 bits per heavy atom. The van der Waals surface area contributed by atoms with E-state index in [9.17, 15) is 10.1 Å². The molecule has 0 aliphatic carbocycles. The molecule has 0 radical (unpaired) electrons. The van der Waals surface area contributed by atoms with Gasteiger partial charge in [-0.15, -0.1) is 0 Å². The number of furan rings is 1. The van der Waals surface area contributed by atoms with Gasteiger partial charge < -0.3 is 10.2 Å². The number of hydrogen-bond donors (Lipinski definition) is 1. The molecule has 0 spiro atoms. The van der Waals surface area contributed by atoms with Gasteiger partial charge in [0.05, 0.1) is 11.2 Å². The lowest BCUT2D eigenvalue weighted by atomic mass is 10.0. The lowest BCUT2D eigenvalue weighted by Crippen LogP contribution is -2.12. The summed E-state index contributed by atoms with van der Waals surface area (Å²) in [6.45, 7) is 1.86. The first-order chi connectivity index (χ1) is 8.56. The summed E-state index contributed by atoms with van der Waals surface area (Å²) in [6.07, 6.45) is 2.27. The van der Waals surface area contributed by atoms with Crippen molar-refractivity contribution in [1.82, 2.24) is 0 Å². The molecule has 2 rings (SSSR count). The standard InChI is InChI=1S/C13H14N2O3/c1-9-6-11(8-18-9)13(14)7-10-2-4-12(5-3-10)15(16)17/h2-6,8,13H,7,14H2,1H3. The Morgan fingerprint density at radius 1 is 1.39 bits per heavy atom. The molecule has 1 aromatic heterocycles. The average Bonchev–Trinajstić information content (AvgIpc) is 2.76. The second-order valence-electron chi connectivity index (χ2n) is 4.22. The van der Waals surface area contributed by atoms with Crippen LogP contribution in [0.2, 0.25) is 0 Å². The molecular formula is C13H14N2O3. The molecule has 2 N–H and O–H groups in total. The maximum absolute atomic E-state index is 10.5. The zero-order valence-corrected chi connectivity index (χ0v) is 10.00. The summed E-state index contributed by atoms with van der Waals surface area (Å²) in [6, 6.07) is 8.17. The summed E-state index contributed by atoms with van der Waals surface area (Å²) < 4.78 is 5.20. The van der Waals surface area contributed by atoms with Crippen molar-refractivity contribution in [3.63, 3.8) is 0 Å². The third-order valence-electron chi connectivity index (χ3n) is 2.78. The van der Waals surface area contributed by atoms with Gasteiger partial charge in [0.2, 0.25) is 0 Å². The van der Waals surface area contributed by atoms with Gasteiger partial charge in [-0.3, -0.25) is 10.1 Å². The van der Waals surface area contributed by atoms with E-state index in [2.05, 4.69) is 0 Å². The van der Waals surface area contributed by atoms with Gasteiger partial charge >= 0.3 is 0 Å². The van der Waals surface area contributed by atoms with Crippen molar-refractivity contribution >= 4 is 5.69 Å². The largest absolute Gasteiger partial charge is 0.469 e. The Balaban J connectivity index is 2.07. The second kappa shape index (κ2) is 5.01. The molecule has 5 heteroatoms. The number of non-ortho nitro benzene ring substituents is 1. The predicted octanol–water partition coefficient (Wildman–Crippen LogP) is 2.74. The van der Waals surface area contributed by atoms with Crippen LogP contribution in [0.3, 0.4) is 0 Å². The molecule has 0 fully saturated rings. The number of benzene rings is 1. The first-order valence-corrected chi connectivity index (χ1v) is 5.60. The molecule has 1 unspecified atom stereocenters. The average molecular weight is 246 g/mol. The molecule has 1 atom stereocenters. The molecule has 1 heterocycles. The van der Waals surface area contributed by atoms with Crippen molar-refractivity contribution in [2.45, 2.75) is 19.4 Å². The smallest absolute Gasteiger partial charge is 0.269 e. The summed E-state index contributed by atoms with van der Waals surface area (Å²) in [4.78, 5) is 10.1. The maximum Gasteiger partial charge on any atom is 0.269 e. The van der Waals surface area contributed by atoms with Gasteiger partial charge in [0.25, 0.3) is 5.69 Å². The van der Waals surface area contributed by atoms with Crippen molar-refractivity contribution in [2.75, 3.05) is 0 Å². The number of nitro groups is 1. The quantitative estimate of drug-likeness (QED) is 0.664. The zero-order chi connectivity index (χ0) is 13.1. The fraction of sp³-hybridized carbons (Fsp3) is 0.231. The fourth-order valence-electron chi connectivity index (χ4n) is 1.78. The zero-order valence-electron chi connectivity index (χ0n) is 10.00. The summed E-state index contributed by atoms with van der Waals surface area (Å²) in [5, 5.41) is 10.5. The topological polar surface area (TPSA) is 82.3 Å². The highest BCUT2D eigenvalue weighted by Crippen LogP contribution is 2.20. The van der Waals surface area contributed by atoms with E-state index in [1.165, 1.54) is 12.1 Å². The number of rotatable bonds is 4.